The smallest absolute Gasteiger partial charge is 0.123 e. The summed E-state index contributed by atoms with van der Waals surface area (Å²) in [6.45, 7) is 9.66. The predicted octanol–water partition coefficient (Wildman–Crippen LogP) is 3.53. The van der Waals surface area contributed by atoms with Crippen LogP contribution >= 0.6 is 0 Å². The van der Waals surface area contributed by atoms with E-state index in [9.17, 15) is 10.2 Å². The van der Waals surface area contributed by atoms with Crippen molar-refractivity contribution in [3.8, 4) is 5.75 Å². The van der Waals surface area contributed by atoms with Crippen LogP contribution in [0.2, 0.25) is 0 Å². The minimum absolute atomic E-state index is 0.0285. The van der Waals surface area contributed by atoms with Gasteiger partial charge >= 0.3 is 0 Å². The number of hydrogen-bond donors (Lipinski definition) is 2. The summed E-state index contributed by atoms with van der Waals surface area (Å²) in [6.07, 6.45) is -0.657. The van der Waals surface area contributed by atoms with Gasteiger partial charge in [0.25, 0.3) is 0 Å². The van der Waals surface area contributed by atoms with E-state index < -0.39 is 6.10 Å². The summed E-state index contributed by atoms with van der Waals surface area (Å²) in [5, 5.41) is 19.8. The molecule has 4 heteroatoms. The zero-order valence-corrected chi connectivity index (χ0v) is 16.3. The second kappa shape index (κ2) is 9.06. The van der Waals surface area contributed by atoms with Gasteiger partial charge in [-0.25, -0.2) is 0 Å². The maximum Gasteiger partial charge on any atom is 0.123 e. The summed E-state index contributed by atoms with van der Waals surface area (Å²) in [5.41, 5.74) is 3.28. The number of aliphatic hydroxyl groups is 2. The van der Waals surface area contributed by atoms with Gasteiger partial charge in [0.05, 0.1) is 6.61 Å². The number of nitrogens with zero attached hydrogens (tertiary/aromatic N) is 1. The molecular formula is C22H31NO3. The van der Waals surface area contributed by atoms with Gasteiger partial charge in [0.2, 0.25) is 0 Å². The van der Waals surface area contributed by atoms with Crippen molar-refractivity contribution in [1.82, 2.24) is 0 Å². The highest BCUT2D eigenvalue weighted by molar-refractivity contribution is 5.46. The van der Waals surface area contributed by atoms with E-state index in [0.29, 0.717) is 13.1 Å². The molecule has 1 atom stereocenters. The second-order valence-corrected chi connectivity index (χ2v) is 7.72. The van der Waals surface area contributed by atoms with E-state index in [2.05, 4.69) is 33.8 Å². The number of hydrogen-bond acceptors (Lipinski definition) is 4. The van der Waals surface area contributed by atoms with Crippen LogP contribution in [-0.4, -0.2) is 42.6 Å². The van der Waals surface area contributed by atoms with Crippen LogP contribution in [0.25, 0.3) is 0 Å². The Morgan fingerprint density at radius 2 is 1.77 bits per heavy atom. The quantitative estimate of drug-likeness (QED) is 0.759. The molecule has 2 N–H and O–H groups in total. The first kappa shape index (κ1) is 20.3. The maximum atomic E-state index is 10.5. The summed E-state index contributed by atoms with van der Waals surface area (Å²) < 4.78 is 5.96. The molecule has 2 rings (SSSR count). The standard InChI is InChI=1S/C22H31NO3/c1-17-10-11-21(20(14-17)22(2,3)4)26-16-19(25)15-23(12-13-24)18-8-6-5-7-9-18/h5-11,14,19,24-25H,12-13,15-16H2,1-4H3. The maximum absolute atomic E-state index is 10.5. The highest BCUT2D eigenvalue weighted by atomic mass is 16.5. The molecule has 0 bridgehead atoms. The van der Waals surface area contributed by atoms with Gasteiger partial charge in [-0.05, 0) is 36.1 Å². The summed E-state index contributed by atoms with van der Waals surface area (Å²) in [6, 6.07) is 15.9. The Morgan fingerprint density at radius 1 is 1.08 bits per heavy atom. The van der Waals surface area contributed by atoms with Crippen LogP contribution in [0.3, 0.4) is 0 Å². The number of aliphatic hydroxyl groups excluding tert-OH is 2. The fourth-order valence-corrected chi connectivity index (χ4v) is 2.93. The number of rotatable bonds is 8. The Hall–Kier alpha value is -2.04. The summed E-state index contributed by atoms with van der Waals surface area (Å²) in [7, 11) is 0. The second-order valence-electron chi connectivity index (χ2n) is 7.72. The molecule has 2 aromatic carbocycles. The lowest BCUT2D eigenvalue weighted by molar-refractivity contribution is 0.110. The lowest BCUT2D eigenvalue weighted by Crippen LogP contribution is -2.37. The first-order valence-electron chi connectivity index (χ1n) is 9.14. The van der Waals surface area contributed by atoms with E-state index in [1.54, 1.807) is 0 Å². The topological polar surface area (TPSA) is 52.9 Å². The Bertz CT molecular complexity index is 680. The minimum atomic E-state index is -0.657. The van der Waals surface area contributed by atoms with E-state index in [4.69, 9.17) is 4.74 Å². The van der Waals surface area contributed by atoms with Crippen LogP contribution in [-0.2, 0) is 5.41 Å². The van der Waals surface area contributed by atoms with Crippen LogP contribution < -0.4 is 9.64 Å². The average molecular weight is 357 g/mol. The summed E-state index contributed by atoms with van der Waals surface area (Å²) >= 11 is 0. The van der Waals surface area contributed by atoms with Gasteiger partial charge in [-0.2, -0.15) is 0 Å². The molecule has 0 aliphatic carbocycles. The Labute approximate surface area is 157 Å². The molecule has 0 saturated carbocycles. The number of anilines is 1. The Balaban J connectivity index is 2.03. The molecule has 26 heavy (non-hydrogen) atoms. The molecule has 0 aliphatic heterocycles. The van der Waals surface area contributed by atoms with Crippen LogP contribution in [0.1, 0.15) is 31.9 Å². The molecule has 0 radical (unpaired) electrons. The number of benzene rings is 2. The molecule has 4 nitrogen and oxygen atoms in total. The fourth-order valence-electron chi connectivity index (χ4n) is 2.93. The van der Waals surface area contributed by atoms with E-state index in [-0.39, 0.29) is 18.6 Å². The van der Waals surface area contributed by atoms with E-state index in [1.807, 2.05) is 47.4 Å². The van der Waals surface area contributed by atoms with Gasteiger partial charge in [-0.1, -0.05) is 56.7 Å². The van der Waals surface area contributed by atoms with Crippen molar-refractivity contribution in [2.24, 2.45) is 0 Å². The van der Waals surface area contributed by atoms with Gasteiger partial charge in [0.1, 0.15) is 18.5 Å². The van der Waals surface area contributed by atoms with Crippen molar-refractivity contribution < 1.29 is 14.9 Å². The van der Waals surface area contributed by atoms with E-state index in [1.165, 1.54) is 5.56 Å². The third-order valence-electron chi connectivity index (χ3n) is 4.30. The largest absolute Gasteiger partial charge is 0.491 e. The number of ether oxygens (including phenoxy) is 1. The monoisotopic (exact) mass is 357 g/mol. The predicted molar refractivity (Wildman–Crippen MR) is 107 cm³/mol. The molecule has 0 fully saturated rings. The zero-order chi connectivity index (χ0) is 19.2. The van der Waals surface area contributed by atoms with Crippen LogP contribution in [0.5, 0.6) is 5.75 Å². The minimum Gasteiger partial charge on any atom is -0.491 e. The highest BCUT2D eigenvalue weighted by Gasteiger charge is 2.20. The van der Waals surface area contributed by atoms with E-state index in [0.717, 1.165) is 17.0 Å². The van der Waals surface area contributed by atoms with Crippen LogP contribution in [0.4, 0.5) is 5.69 Å². The van der Waals surface area contributed by atoms with Gasteiger partial charge in [-0.3, -0.25) is 0 Å². The molecule has 1 unspecified atom stereocenters. The lowest BCUT2D eigenvalue weighted by Gasteiger charge is -2.28. The first-order valence-corrected chi connectivity index (χ1v) is 9.14. The third-order valence-corrected chi connectivity index (χ3v) is 4.30. The fraction of sp³-hybridized carbons (Fsp3) is 0.455. The first-order chi connectivity index (χ1) is 12.3. The molecule has 2 aromatic rings. The van der Waals surface area contributed by atoms with Gasteiger partial charge in [-0.15, -0.1) is 0 Å². The summed E-state index contributed by atoms with van der Waals surface area (Å²) in [5.74, 6) is 0.815. The van der Waals surface area contributed by atoms with Crippen molar-refractivity contribution >= 4 is 5.69 Å². The molecule has 0 spiro atoms. The molecule has 0 heterocycles. The van der Waals surface area contributed by atoms with Crippen molar-refractivity contribution in [3.63, 3.8) is 0 Å². The third kappa shape index (κ3) is 5.75. The Morgan fingerprint density at radius 3 is 2.38 bits per heavy atom. The average Bonchev–Trinajstić information content (AvgIpc) is 2.60. The number of para-hydroxylation sites is 1. The van der Waals surface area contributed by atoms with Crippen LogP contribution in [0.15, 0.2) is 48.5 Å². The van der Waals surface area contributed by atoms with Gasteiger partial charge in [0.15, 0.2) is 0 Å². The van der Waals surface area contributed by atoms with Gasteiger partial charge < -0.3 is 19.8 Å². The number of aryl methyl sites for hydroxylation is 1. The Kier molecular flexibility index (Phi) is 7.06. The molecule has 0 aliphatic rings. The van der Waals surface area contributed by atoms with Crippen LogP contribution in [0, 0.1) is 6.92 Å². The lowest BCUT2D eigenvalue weighted by atomic mass is 9.85. The summed E-state index contributed by atoms with van der Waals surface area (Å²) in [4.78, 5) is 1.97. The van der Waals surface area contributed by atoms with E-state index >= 15 is 0 Å². The normalized spacial score (nSPS) is 12.7. The SMILES string of the molecule is Cc1ccc(OCC(O)CN(CCO)c2ccccc2)c(C(C)(C)C)c1. The van der Waals surface area contributed by atoms with Crippen molar-refractivity contribution in [1.29, 1.82) is 0 Å². The zero-order valence-electron chi connectivity index (χ0n) is 16.3. The molecule has 142 valence electrons. The van der Waals surface area contributed by atoms with Crippen molar-refractivity contribution in [2.75, 3.05) is 31.2 Å². The van der Waals surface area contributed by atoms with Gasteiger partial charge in [0, 0.05) is 18.8 Å². The molecule has 0 amide bonds. The molecule has 0 saturated heterocycles. The van der Waals surface area contributed by atoms with Crippen molar-refractivity contribution in [2.45, 2.75) is 39.2 Å². The molecule has 0 aromatic heterocycles. The van der Waals surface area contributed by atoms with Crippen molar-refractivity contribution in [3.05, 3.63) is 59.7 Å². The molecular weight excluding hydrogens is 326 g/mol. The highest BCUT2D eigenvalue weighted by Crippen LogP contribution is 2.32.